The molecule has 2 rings (SSSR count). The molecule has 0 aliphatic heterocycles. The van der Waals surface area contributed by atoms with E-state index >= 15 is 0 Å². The first-order valence-electron chi connectivity index (χ1n) is 4.75. The maximum absolute atomic E-state index is 13.2. The van der Waals surface area contributed by atoms with Gasteiger partial charge < -0.3 is 9.15 Å². The summed E-state index contributed by atoms with van der Waals surface area (Å²) in [6, 6.07) is 9.34. The Morgan fingerprint density at radius 3 is 2.76 bits per heavy atom. The number of hydrogen-bond donors (Lipinski definition) is 0. The van der Waals surface area contributed by atoms with Gasteiger partial charge in [-0.3, -0.25) is 0 Å². The standard InChI is InChI=1S/C12H7BrFNO2/c13-12-4-3-10(17-12)7-16-9-2-1-8(6-15)11(14)5-9/h1-5H,7H2. The Bertz CT molecular complexity index is 574. The van der Waals surface area contributed by atoms with Gasteiger partial charge in [-0.05, 0) is 40.2 Å². The zero-order valence-corrected chi connectivity index (χ0v) is 10.2. The number of rotatable bonds is 3. The Morgan fingerprint density at radius 2 is 2.18 bits per heavy atom. The summed E-state index contributed by atoms with van der Waals surface area (Å²) >= 11 is 3.17. The molecule has 1 heterocycles. The van der Waals surface area contributed by atoms with Crippen molar-refractivity contribution in [1.82, 2.24) is 0 Å². The van der Waals surface area contributed by atoms with E-state index in [2.05, 4.69) is 15.9 Å². The third-order valence-electron chi connectivity index (χ3n) is 2.07. The van der Waals surface area contributed by atoms with Crippen LogP contribution < -0.4 is 4.74 Å². The number of benzene rings is 1. The van der Waals surface area contributed by atoms with Crippen LogP contribution in [0.15, 0.2) is 39.4 Å². The molecule has 0 aliphatic carbocycles. The predicted octanol–water partition coefficient (Wildman–Crippen LogP) is 3.63. The summed E-state index contributed by atoms with van der Waals surface area (Å²) in [7, 11) is 0. The van der Waals surface area contributed by atoms with Gasteiger partial charge in [0.25, 0.3) is 0 Å². The van der Waals surface area contributed by atoms with E-state index in [1.165, 1.54) is 12.1 Å². The van der Waals surface area contributed by atoms with Crippen LogP contribution in [0.1, 0.15) is 11.3 Å². The normalized spacial score (nSPS) is 9.94. The summed E-state index contributed by atoms with van der Waals surface area (Å²) in [5.74, 6) is 0.390. The molecule has 86 valence electrons. The maximum Gasteiger partial charge on any atom is 0.169 e. The first-order chi connectivity index (χ1) is 8.19. The van der Waals surface area contributed by atoms with E-state index in [-0.39, 0.29) is 12.2 Å². The Hall–Kier alpha value is -1.80. The fraction of sp³-hybridized carbons (Fsp3) is 0.0833. The highest BCUT2D eigenvalue weighted by atomic mass is 79.9. The average molecular weight is 296 g/mol. The summed E-state index contributed by atoms with van der Waals surface area (Å²) in [4.78, 5) is 0. The molecule has 0 saturated carbocycles. The highest BCUT2D eigenvalue weighted by Crippen LogP contribution is 2.19. The van der Waals surface area contributed by atoms with Gasteiger partial charge >= 0.3 is 0 Å². The third kappa shape index (κ3) is 2.86. The van der Waals surface area contributed by atoms with Crippen LogP contribution >= 0.6 is 15.9 Å². The number of hydrogen-bond acceptors (Lipinski definition) is 3. The van der Waals surface area contributed by atoms with Crippen molar-refractivity contribution >= 4 is 15.9 Å². The smallest absolute Gasteiger partial charge is 0.169 e. The minimum atomic E-state index is -0.592. The van der Waals surface area contributed by atoms with E-state index in [9.17, 15) is 4.39 Å². The summed E-state index contributed by atoms with van der Waals surface area (Å²) in [5.41, 5.74) is -0.00177. The second-order valence-corrected chi connectivity index (χ2v) is 4.03. The van der Waals surface area contributed by atoms with Crippen LogP contribution in [-0.2, 0) is 6.61 Å². The fourth-order valence-electron chi connectivity index (χ4n) is 1.26. The number of ether oxygens (including phenoxy) is 1. The number of nitrogens with zero attached hydrogens (tertiary/aromatic N) is 1. The predicted molar refractivity (Wildman–Crippen MR) is 61.9 cm³/mol. The summed E-state index contributed by atoms with van der Waals surface area (Å²) in [6.45, 7) is 0.205. The van der Waals surface area contributed by atoms with Crippen molar-refractivity contribution in [2.24, 2.45) is 0 Å². The van der Waals surface area contributed by atoms with Gasteiger partial charge in [0.05, 0.1) is 5.56 Å². The highest BCUT2D eigenvalue weighted by molar-refractivity contribution is 9.10. The van der Waals surface area contributed by atoms with Crippen molar-refractivity contribution in [3.05, 3.63) is 52.1 Å². The lowest BCUT2D eigenvalue weighted by molar-refractivity contribution is 0.266. The minimum Gasteiger partial charge on any atom is -0.486 e. The summed E-state index contributed by atoms with van der Waals surface area (Å²) in [5, 5.41) is 8.57. The molecule has 1 aromatic heterocycles. The largest absolute Gasteiger partial charge is 0.486 e. The van der Waals surface area contributed by atoms with E-state index in [0.717, 1.165) is 0 Å². The van der Waals surface area contributed by atoms with E-state index < -0.39 is 5.82 Å². The lowest BCUT2D eigenvalue weighted by Gasteiger charge is -2.04. The lowest BCUT2D eigenvalue weighted by atomic mass is 10.2. The molecule has 0 aliphatic rings. The Kier molecular flexibility index (Phi) is 3.45. The van der Waals surface area contributed by atoms with Gasteiger partial charge in [0.2, 0.25) is 0 Å². The molecule has 0 spiro atoms. The van der Waals surface area contributed by atoms with Gasteiger partial charge in [-0.1, -0.05) is 0 Å². The van der Waals surface area contributed by atoms with Gasteiger partial charge in [-0.15, -0.1) is 0 Å². The highest BCUT2D eigenvalue weighted by Gasteiger charge is 2.05. The molecule has 0 bridgehead atoms. The van der Waals surface area contributed by atoms with Gasteiger partial charge in [-0.2, -0.15) is 5.26 Å². The topological polar surface area (TPSA) is 46.2 Å². The second-order valence-electron chi connectivity index (χ2n) is 3.25. The van der Waals surface area contributed by atoms with E-state index in [4.69, 9.17) is 14.4 Å². The molecule has 0 saturated heterocycles. The van der Waals surface area contributed by atoms with Crippen molar-refractivity contribution in [3.63, 3.8) is 0 Å². The molecule has 2 aromatic rings. The van der Waals surface area contributed by atoms with Crippen LogP contribution in [0, 0.1) is 17.1 Å². The van der Waals surface area contributed by atoms with Crippen LogP contribution in [0.2, 0.25) is 0 Å². The molecule has 0 fully saturated rings. The molecule has 0 atom stereocenters. The van der Waals surface area contributed by atoms with Gasteiger partial charge in [-0.25, -0.2) is 4.39 Å². The molecular formula is C12H7BrFNO2. The molecule has 0 unspecified atom stereocenters. The zero-order chi connectivity index (χ0) is 12.3. The van der Waals surface area contributed by atoms with E-state index in [1.807, 2.05) is 0 Å². The van der Waals surface area contributed by atoms with Crippen molar-refractivity contribution in [2.75, 3.05) is 0 Å². The SMILES string of the molecule is N#Cc1ccc(OCc2ccc(Br)o2)cc1F. The van der Waals surface area contributed by atoms with Crippen LogP contribution in [0.5, 0.6) is 5.75 Å². The van der Waals surface area contributed by atoms with E-state index in [1.54, 1.807) is 24.3 Å². The quantitative estimate of drug-likeness (QED) is 0.868. The van der Waals surface area contributed by atoms with Gasteiger partial charge in [0.1, 0.15) is 30.0 Å². The summed E-state index contributed by atoms with van der Waals surface area (Å²) < 4.78 is 24.4. The number of halogens is 2. The van der Waals surface area contributed by atoms with Crippen molar-refractivity contribution < 1.29 is 13.5 Å². The number of nitriles is 1. The molecule has 5 heteroatoms. The Morgan fingerprint density at radius 1 is 1.35 bits per heavy atom. The van der Waals surface area contributed by atoms with Crippen LogP contribution in [0.25, 0.3) is 0 Å². The van der Waals surface area contributed by atoms with Crippen LogP contribution in [0.4, 0.5) is 4.39 Å². The molecule has 17 heavy (non-hydrogen) atoms. The lowest BCUT2D eigenvalue weighted by Crippen LogP contribution is -1.95. The van der Waals surface area contributed by atoms with Crippen LogP contribution in [-0.4, -0.2) is 0 Å². The summed E-state index contributed by atoms with van der Waals surface area (Å²) in [6.07, 6.45) is 0. The van der Waals surface area contributed by atoms with E-state index in [0.29, 0.717) is 16.2 Å². The average Bonchev–Trinajstić information content (AvgIpc) is 2.73. The molecule has 0 N–H and O–H groups in total. The monoisotopic (exact) mass is 295 g/mol. The Balaban J connectivity index is 2.05. The number of furan rings is 1. The maximum atomic E-state index is 13.2. The van der Waals surface area contributed by atoms with Gasteiger partial charge in [0.15, 0.2) is 4.67 Å². The fourth-order valence-corrected chi connectivity index (χ4v) is 1.60. The molecule has 0 radical (unpaired) electrons. The second kappa shape index (κ2) is 5.02. The first-order valence-corrected chi connectivity index (χ1v) is 5.55. The molecule has 0 amide bonds. The van der Waals surface area contributed by atoms with Crippen molar-refractivity contribution in [3.8, 4) is 11.8 Å². The minimum absolute atomic E-state index is 0.00177. The van der Waals surface area contributed by atoms with Gasteiger partial charge in [0, 0.05) is 6.07 Å². The van der Waals surface area contributed by atoms with Crippen LogP contribution in [0.3, 0.4) is 0 Å². The van der Waals surface area contributed by atoms with Crippen molar-refractivity contribution in [2.45, 2.75) is 6.61 Å². The molecular weight excluding hydrogens is 289 g/mol. The third-order valence-corrected chi connectivity index (χ3v) is 2.50. The molecule has 1 aromatic carbocycles. The molecule has 3 nitrogen and oxygen atoms in total. The Labute approximate surface area is 106 Å². The first kappa shape index (κ1) is 11.7. The van der Waals surface area contributed by atoms with Crippen molar-refractivity contribution in [1.29, 1.82) is 5.26 Å². The zero-order valence-electron chi connectivity index (χ0n) is 8.61.